The molecule has 154 valence electrons. The molecule has 2 aromatic carbocycles. The van der Waals surface area contributed by atoms with Crippen molar-refractivity contribution in [3.05, 3.63) is 54.2 Å². The number of nitrogens with zero attached hydrogens (tertiary/aromatic N) is 2. The molecule has 0 aliphatic rings. The van der Waals surface area contributed by atoms with E-state index in [1.807, 2.05) is 46.4 Å². The van der Waals surface area contributed by atoms with E-state index < -0.39 is 0 Å². The summed E-state index contributed by atoms with van der Waals surface area (Å²) in [6, 6.07) is 10.4. The number of aromatic nitrogens is 2. The number of hydrogen-bond donors (Lipinski definition) is 2. The van der Waals surface area contributed by atoms with E-state index in [1.54, 1.807) is 23.5 Å². The minimum Gasteiger partial charge on any atom is -0.493 e. The molecule has 4 rings (SSSR count). The van der Waals surface area contributed by atoms with Crippen LogP contribution in [0.3, 0.4) is 0 Å². The van der Waals surface area contributed by atoms with E-state index in [1.165, 1.54) is 21.3 Å². The zero-order chi connectivity index (χ0) is 21.1. The Hall–Kier alpha value is -3.72. The summed E-state index contributed by atoms with van der Waals surface area (Å²) in [6.07, 6.45) is 3.95. The second kappa shape index (κ2) is 8.34. The first-order valence-corrected chi connectivity index (χ1v) is 9.90. The van der Waals surface area contributed by atoms with Crippen molar-refractivity contribution in [1.82, 2.24) is 9.38 Å². The van der Waals surface area contributed by atoms with E-state index in [-0.39, 0.29) is 6.03 Å². The highest BCUT2D eigenvalue weighted by molar-refractivity contribution is 7.15. The van der Waals surface area contributed by atoms with Crippen LogP contribution in [0.2, 0.25) is 0 Å². The molecular weight excluding hydrogens is 404 g/mol. The second-order valence-corrected chi connectivity index (χ2v) is 7.16. The van der Waals surface area contributed by atoms with Crippen LogP contribution in [0.25, 0.3) is 16.2 Å². The first kappa shape index (κ1) is 19.6. The highest BCUT2D eigenvalue weighted by Gasteiger charge is 2.14. The Morgan fingerprint density at radius 2 is 1.63 bits per heavy atom. The number of anilines is 2. The van der Waals surface area contributed by atoms with E-state index >= 15 is 0 Å². The fraction of sp³-hybridized carbons (Fsp3) is 0.143. The molecule has 9 heteroatoms. The van der Waals surface area contributed by atoms with Crippen molar-refractivity contribution < 1.29 is 19.0 Å². The zero-order valence-corrected chi connectivity index (χ0v) is 17.4. The highest BCUT2D eigenvalue weighted by atomic mass is 32.1. The minimum absolute atomic E-state index is 0.389. The number of carbonyl (C=O) groups excluding carboxylic acids is 1. The molecular formula is C21H20N4O4S. The number of amides is 2. The number of ether oxygens (including phenoxy) is 3. The maximum atomic E-state index is 12.4. The molecule has 2 N–H and O–H groups in total. The largest absolute Gasteiger partial charge is 0.493 e. The normalized spacial score (nSPS) is 10.6. The van der Waals surface area contributed by atoms with Crippen molar-refractivity contribution in [2.75, 3.05) is 32.0 Å². The number of urea groups is 1. The smallest absolute Gasteiger partial charge is 0.323 e. The third-order valence-electron chi connectivity index (χ3n) is 4.45. The maximum absolute atomic E-state index is 12.4. The number of rotatable bonds is 6. The molecule has 2 amide bonds. The van der Waals surface area contributed by atoms with Crippen molar-refractivity contribution >= 4 is 33.7 Å². The number of carbonyl (C=O) groups is 1. The van der Waals surface area contributed by atoms with Gasteiger partial charge in [-0.3, -0.25) is 4.40 Å². The quantitative estimate of drug-likeness (QED) is 0.467. The summed E-state index contributed by atoms with van der Waals surface area (Å²) < 4.78 is 17.9. The van der Waals surface area contributed by atoms with Crippen LogP contribution in [-0.2, 0) is 0 Å². The summed E-state index contributed by atoms with van der Waals surface area (Å²) >= 11 is 1.58. The highest BCUT2D eigenvalue weighted by Crippen LogP contribution is 2.40. The molecule has 0 atom stereocenters. The molecule has 8 nitrogen and oxygen atoms in total. The third kappa shape index (κ3) is 3.87. The van der Waals surface area contributed by atoms with Gasteiger partial charge >= 0.3 is 6.03 Å². The van der Waals surface area contributed by atoms with E-state index in [0.29, 0.717) is 28.6 Å². The fourth-order valence-corrected chi connectivity index (χ4v) is 3.74. The summed E-state index contributed by atoms with van der Waals surface area (Å²) in [6.45, 7) is 0. The lowest BCUT2D eigenvalue weighted by Gasteiger charge is -2.15. The molecule has 4 aromatic rings. The predicted molar refractivity (Wildman–Crippen MR) is 117 cm³/mol. The van der Waals surface area contributed by atoms with Crippen LogP contribution in [0.1, 0.15) is 0 Å². The van der Waals surface area contributed by atoms with Gasteiger partial charge in [-0.25, -0.2) is 9.78 Å². The number of imidazole rings is 1. The number of methoxy groups -OCH3 is 3. The van der Waals surface area contributed by atoms with Crippen LogP contribution >= 0.6 is 11.3 Å². The third-order valence-corrected chi connectivity index (χ3v) is 5.23. The van der Waals surface area contributed by atoms with E-state index in [4.69, 9.17) is 14.2 Å². The fourth-order valence-electron chi connectivity index (χ4n) is 3.04. The van der Waals surface area contributed by atoms with Crippen LogP contribution in [-0.4, -0.2) is 36.7 Å². The van der Waals surface area contributed by atoms with Gasteiger partial charge in [-0.2, -0.15) is 0 Å². The Balaban J connectivity index is 1.45. The molecule has 0 bridgehead atoms. The molecule has 0 unspecified atom stereocenters. The van der Waals surface area contributed by atoms with Gasteiger partial charge in [0.1, 0.15) is 0 Å². The SMILES string of the molecule is COc1cc(NC(=O)Nc2ccc(-c3cn4ccsc4n3)cc2)cc(OC)c1OC. The first-order chi connectivity index (χ1) is 14.6. The van der Waals surface area contributed by atoms with E-state index in [9.17, 15) is 4.79 Å². The topological polar surface area (TPSA) is 86.1 Å². The molecule has 0 saturated carbocycles. The summed E-state index contributed by atoms with van der Waals surface area (Å²) in [5.74, 6) is 1.37. The average molecular weight is 424 g/mol. The summed E-state index contributed by atoms with van der Waals surface area (Å²) in [5.41, 5.74) is 3.03. The Morgan fingerprint density at radius 3 is 2.23 bits per heavy atom. The van der Waals surface area contributed by atoms with Crippen molar-refractivity contribution in [1.29, 1.82) is 0 Å². The lowest BCUT2D eigenvalue weighted by Crippen LogP contribution is -2.19. The van der Waals surface area contributed by atoms with Crippen molar-refractivity contribution in [2.45, 2.75) is 0 Å². The molecule has 2 heterocycles. The van der Waals surface area contributed by atoms with Crippen LogP contribution in [0, 0.1) is 0 Å². The van der Waals surface area contributed by atoms with Gasteiger partial charge in [0.25, 0.3) is 0 Å². The predicted octanol–water partition coefficient (Wildman–Crippen LogP) is 4.73. The molecule has 0 aliphatic heterocycles. The maximum Gasteiger partial charge on any atom is 0.323 e. The molecule has 30 heavy (non-hydrogen) atoms. The van der Waals surface area contributed by atoms with E-state index in [2.05, 4.69) is 15.6 Å². The number of benzene rings is 2. The number of hydrogen-bond acceptors (Lipinski definition) is 6. The van der Waals surface area contributed by atoms with Gasteiger partial charge in [0.05, 0.1) is 32.7 Å². The minimum atomic E-state index is -0.389. The first-order valence-electron chi connectivity index (χ1n) is 9.02. The van der Waals surface area contributed by atoms with Crippen molar-refractivity contribution in [3.8, 4) is 28.5 Å². The lowest BCUT2D eigenvalue weighted by atomic mass is 10.1. The summed E-state index contributed by atoms with van der Waals surface area (Å²) in [7, 11) is 4.57. The number of thiazole rings is 1. The van der Waals surface area contributed by atoms with Crippen molar-refractivity contribution in [3.63, 3.8) is 0 Å². The van der Waals surface area contributed by atoms with Crippen LogP contribution in [0.5, 0.6) is 17.2 Å². The molecule has 0 radical (unpaired) electrons. The van der Waals surface area contributed by atoms with Gasteiger partial charge < -0.3 is 24.8 Å². The standard InChI is InChI=1S/C21H20N4O4S/c1-27-17-10-15(11-18(28-2)19(17)29-3)23-20(26)22-14-6-4-13(5-7-14)16-12-25-8-9-30-21(25)24-16/h4-12H,1-3H3,(H2,22,23,26). The Labute approximate surface area is 177 Å². The zero-order valence-electron chi connectivity index (χ0n) is 16.6. The Kier molecular flexibility index (Phi) is 5.44. The average Bonchev–Trinajstić information content (AvgIpc) is 3.36. The Bertz CT molecular complexity index is 1130. The van der Waals surface area contributed by atoms with Gasteiger partial charge in [-0.15, -0.1) is 11.3 Å². The summed E-state index contributed by atoms with van der Waals surface area (Å²) in [5, 5.41) is 7.57. The van der Waals surface area contributed by atoms with E-state index in [0.717, 1.165) is 16.2 Å². The lowest BCUT2D eigenvalue weighted by molar-refractivity contribution is 0.262. The number of nitrogens with one attached hydrogen (secondary N) is 2. The van der Waals surface area contributed by atoms with Crippen LogP contribution in [0.4, 0.5) is 16.2 Å². The van der Waals surface area contributed by atoms with Crippen LogP contribution in [0.15, 0.2) is 54.2 Å². The molecule has 0 saturated heterocycles. The second-order valence-electron chi connectivity index (χ2n) is 6.29. The van der Waals surface area contributed by atoms with Gasteiger partial charge in [-0.05, 0) is 12.1 Å². The Morgan fingerprint density at radius 1 is 0.967 bits per heavy atom. The van der Waals surface area contributed by atoms with Gasteiger partial charge in [0, 0.05) is 41.2 Å². The molecule has 2 aromatic heterocycles. The summed E-state index contributed by atoms with van der Waals surface area (Å²) in [4.78, 5) is 17.9. The van der Waals surface area contributed by atoms with Crippen LogP contribution < -0.4 is 24.8 Å². The molecule has 0 spiro atoms. The molecule has 0 fully saturated rings. The monoisotopic (exact) mass is 424 g/mol. The number of fused-ring (bicyclic) bond motifs is 1. The molecule has 0 aliphatic carbocycles. The van der Waals surface area contributed by atoms with Gasteiger partial charge in [0.15, 0.2) is 16.5 Å². The van der Waals surface area contributed by atoms with Crippen molar-refractivity contribution in [2.24, 2.45) is 0 Å². The van der Waals surface area contributed by atoms with Gasteiger partial charge in [-0.1, -0.05) is 12.1 Å². The van der Waals surface area contributed by atoms with Gasteiger partial charge in [0.2, 0.25) is 5.75 Å².